The normalized spacial score (nSPS) is 12.2. The molecule has 0 radical (unpaired) electrons. The minimum Gasteiger partial charge on any atom is -0.496 e. The van der Waals surface area contributed by atoms with E-state index in [9.17, 15) is 0 Å². The Labute approximate surface area is 118 Å². The van der Waals surface area contributed by atoms with E-state index in [0.29, 0.717) is 0 Å². The number of alkyl halides is 1. The van der Waals surface area contributed by atoms with Crippen molar-refractivity contribution in [2.75, 3.05) is 7.11 Å². The average molecular weight is 356 g/mol. The van der Waals surface area contributed by atoms with Crippen molar-refractivity contribution in [3.8, 4) is 5.75 Å². The van der Waals surface area contributed by atoms with E-state index in [1.165, 1.54) is 5.56 Å². The Hall–Kier alpha value is -0.800. The summed E-state index contributed by atoms with van der Waals surface area (Å²) in [5.41, 5.74) is 2.34. The molecule has 88 valence electrons. The molecule has 0 spiro atoms. The van der Waals surface area contributed by atoms with Gasteiger partial charge < -0.3 is 4.74 Å². The van der Waals surface area contributed by atoms with E-state index in [-0.39, 0.29) is 4.83 Å². The number of rotatable bonds is 3. The Bertz CT molecular complexity index is 494. The number of para-hydroxylation sites is 1. The van der Waals surface area contributed by atoms with Crippen LogP contribution in [0.1, 0.15) is 16.0 Å². The molecule has 2 aromatic carbocycles. The largest absolute Gasteiger partial charge is 0.496 e. The van der Waals surface area contributed by atoms with Crippen LogP contribution in [0.3, 0.4) is 0 Å². The van der Waals surface area contributed by atoms with Crippen LogP contribution in [0.5, 0.6) is 5.75 Å². The monoisotopic (exact) mass is 354 g/mol. The Morgan fingerprint density at radius 1 is 1.00 bits per heavy atom. The van der Waals surface area contributed by atoms with Crippen molar-refractivity contribution in [1.29, 1.82) is 0 Å². The van der Waals surface area contributed by atoms with E-state index in [2.05, 4.69) is 50.1 Å². The van der Waals surface area contributed by atoms with Crippen LogP contribution in [0.2, 0.25) is 0 Å². The van der Waals surface area contributed by atoms with Gasteiger partial charge in [-0.05, 0) is 23.8 Å². The summed E-state index contributed by atoms with van der Waals surface area (Å²) in [5.74, 6) is 0.900. The molecule has 0 aromatic heterocycles. The van der Waals surface area contributed by atoms with Crippen LogP contribution < -0.4 is 4.74 Å². The van der Waals surface area contributed by atoms with Gasteiger partial charge in [0.05, 0.1) is 11.9 Å². The van der Waals surface area contributed by atoms with Crippen LogP contribution in [0.4, 0.5) is 0 Å². The lowest BCUT2D eigenvalue weighted by Crippen LogP contribution is -1.96. The molecule has 1 atom stereocenters. The van der Waals surface area contributed by atoms with Gasteiger partial charge in [0, 0.05) is 10.0 Å². The molecule has 0 aliphatic rings. The summed E-state index contributed by atoms with van der Waals surface area (Å²) in [5, 5.41) is 0. The predicted molar refractivity (Wildman–Crippen MR) is 77.9 cm³/mol. The highest BCUT2D eigenvalue weighted by atomic mass is 79.9. The van der Waals surface area contributed by atoms with E-state index in [1.807, 2.05) is 30.3 Å². The van der Waals surface area contributed by atoms with Gasteiger partial charge in [-0.25, -0.2) is 0 Å². The van der Waals surface area contributed by atoms with Crippen molar-refractivity contribution in [1.82, 2.24) is 0 Å². The number of halogens is 2. The quantitative estimate of drug-likeness (QED) is 0.708. The molecule has 17 heavy (non-hydrogen) atoms. The molecular weight excluding hydrogens is 344 g/mol. The highest BCUT2D eigenvalue weighted by Crippen LogP contribution is 2.36. The number of hydrogen-bond acceptors (Lipinski definition) is 1. The average Bonchev–Trinajstić information content (AvgIpc) is 2.39. The predicted octanol–water partition coefficient (Wildman–Crippen LogP) is 4.94. The van der Waals surface area contributed by atoms with E-state index in [1.54, 1.807) is 7.11 Å². The molecule has 0 saturated heterocycles. The van der Waals surface area contributed by atoms with E-state index < -0.39 is 0 Å². The highest BCUT2D eigenvalue weighted by molar-refractivity contribution is 9.10. The number of methoxy groups -OCH3 is 1. The third-order valence-corrected chi connectivity index (χ3v) is 4.13. The molecule has 2 aromatic rings. The Balaban J connectivity index is 2.36. The first kappa shape index (κ1) is 12.7. The van der Waals surface area contributed by atoms with Crippen LogP contribution in [0.15, 0.2) is 53.0 Å². The lowest BCUT2D eigenvalue weighted by Gasteiger charge is -2.14. The molecule has 0 heterocycles. The van der Waals surface area contributed by atoms with Crippen molar-refractivity contribution in [2.24, 2.45) is 0 Å². The molecule has 0 amide bonds. The third kappa shape index (κ3) is 2.90. The first-order valence-corrected chi connectivity index (χ1v) is 6.95. The molecule has 0 bridgehead atoms. The zero-order chi connectivity index (χ0) is 12.3. The summed E-state index contributed by atoms with van der Waals surface area (Å²) in [4.78, 5) is 0.145. The van der Waals surface area contributed by atoms with Gasteiger partial charge in [0.2, 0.25) is 0 Å². The minimum atomic E-state index is 0.145. The van der Waals surface area contributed by atoms with Crippen molar-refractivity contribution in [3.63, 3.8) is 0 Å². The molecular formula is C14H12Br2O. The molecule has 1 nitrogen and oxygen atoms in total. The summed E-state index contributed by atoms with van der Waals surface area (Å²) in [6.45, 7) is 0. The summed E-state index contributed by atoms with van der Waals surface area (Å²) in [6.07, 6.45) is 0. The Morgan fingerprint density at radius 2 is 1.65 bits per heavy atom. The standard InChI is InChI=1S/C14H12Br2O/c1-17-13-5-3-2-4-12(13)14(16)10-6-8-11(15)9-7-10/h2-9,14H,1H3. The summed E-state index contributed by atoms with van der Waals surface area (Å²) >= 11 is 7.15. The van der Waals surface area contributed by atoms with Crippen LogP contribution in [-0.2, 0) is 0 Å². The molecule has 0 fully saturated rings. The Kier molecular flexibility index (Phi) is 4.24. The van der Waals surface area contributed by atoms with Crippen molar-refractivity contribution in [2.45, 2.75) is 4.83 Å². The fourth-order valence-electron chi connectivity index (χ4n) is 1.69. The number of benzene rings is 2. The summed E-state index contributed by atoms with van der Waals surface area (Å²) < 4.78 is 6.46. The fourth-order valence-corrected chi connectivity index (χ4v) is 2.63. The van der Waals surface area contributed by atoms with Gasteiger partial charge in [0.25, 0.3) is 0 Å². The van der Waals surface area contributed by atoms with Gasteiger partial charge >= 0.3 is 0 Å². The van der Waals surface area contributed by atoms with Gasteiger partial charge in [0.15, 0.2) is 0 Å². The number of ether oxygens (including phenoxy) is 1. The zero-order valence-electron chi connectivity index (χ0n) is 9.36. The van der Waals surface area contributed by atoms with Crippen LogP contribution in [0.25, 0.3) is 0 Å². The van der Waals surface area contributed by atoms with Crippen LogP contribution in [-0.4, -0.2) is 7.11 Å². The van der Waals surface area contributed by atoms with E-state index in [4.69, 9.17) is 4.74 Å². The molecule has 0 aliphatic carbocycles. The zero-order valence-corrected chi connectivity index (χ0v) is 12.5. The van der Waals surface area contributed by atoms with Gasteiger partial charge in [-0.2, -0.15) is 0 Å². The highest BCUT2D eigenvalue weighted by Gasteiger charge is 2.14. The molecule has 0 aliphatic heterocycles. The van der Waals surface area contributed by atoms with Crippen molar-refractivity contribution >= 4 is 31.9 Å². The molecule has 3 heteroatoms. The molecule has 2 rings (SSSR count). The third-order valence-electron chi connectivity index (χ3n) is 2.57. The second kappa shape index (κ2) is 5.69. The Morgan fingerprint density at radius 3 is 2.29 bits per heavy atom. The lowest BCUT2D eigenvalue weighted by molar-refractivity contribution is 0.410. The van der Waals surface area contributed by atoms with E-state index >= 15 is 0 Å². The van der Waals surface area contributed by atoms with Gasteiger partial charge in [-0.1, -0.05) is 62.2 Å². The second-order valence-corrected chi connectivity index (χ2v) is 5.49. The maximum Gasteiger partial charge on any atom is 0.123 e. The van der Waals surface area contributed by atoms with Crippen molar-refractivity contribution < 1.29 is 4.74 Å². The maximum atomic E-state index is 5.37. The smallest absolute Gasteiger partial charge is 0.123 e. The topological polar surface area (TPSA) is 9.23 Å². The maximum absolute atomic E-state index is 5.37. The van der Waals surface area contributed by atoms with E-state index in [0.717, 1.165) is 15.8 Å². The first-order valence-electron chi connectivity index (χ1n) is 5.25. The van der Waals surface area contributed by atoms with Gasteiger partial charge in [-0.3, -0.25) is 0 Å². The van der Waals surface area contributed by atoms with Gasteiger partial charge in [-0.15, -0.1) is 0 Å². The fraction of sp³-hybridized carbons (Fsp3) is 0.143. The van der Waals surface area contributed by atoms with Crippen LogP contribution in [0, 0.1) is 0 Å². The molecule has 0 N–H and O–H groups in total. The SMILES string of the molecule is COc1ccccc1C(Br)c1ccc(Br)cc1. The summed E-state index contributed by atoms with van der Waals surface area (Å²) in [6, 6.07) is 16.3. The van der Waals surface area contributed by atoms with Crippen molar-refractivity contribution in [3.05, 3.63) is 64.1 Å². The molecule has 1 unspecified atom stereocenters. The van der Waals surface area contributed by atoms with Gasteiger partial charge in [0.1, 0.15) is 5.75 Å². The lowest BCUT2D eigenvalue weighted by atomic mass is 10.0. The minimum absolute atomic E-state index is 0.145. The molecule has 0 saturated carbocycles. The van der Waals surface area contributed by atoms with Crippen LogP contribution >= 0.6 is 31.9 Å². The number of hydrogen-bond donors (Lipinski definition) is 0. The summed E-state index contributed by atoms with van der Waals surface area (Å²) in [7, 11) is 1.69. The first-order chi connectivity index (χ1) is 8.22. The second-order valence-electron chi connectivity index (χ2n) is 3.66.